The zero-order chi connectivity index (χ0) is 40.9. The van der Waals surface area contributed by atoms with Crippen molar-refractivity contribution in [3.05, 3.63) is 111 Å². The molecule has 1 N–H and O–H groups in total. The molecule has 2 aliphatic carbocycles. The van der Waals surface area contributed by atoms with E-state index in [-0.39, 0.29) is 12.4 Å². The van der Waals surface area contributed by atoms with E-state index in [0.717, 1.165) is 121 Å². The number of aromatic hydroxyl groups is 1. The van der Waals surface area contributed by atoms with Gasteiger partial charge >= 0.3 is 13.4 Å². The molecule has 3 aromatic rings. The second kappa shape index (κ2) is 21.5. The summed E-state index contributed by atoms with van der Waals surface area (Å²) in [6, 6.07) is 13.5. The third kappa shape index (κ3) is 10.6. The zero-order valence-corrected chi connectivity index (χ0v) is 35.2. The van der Waals surface area contributed by atoms with Crippen LogP contribution in [0.15, 0.2) is 82.5 Å². The summed E-state index contributed by atoms with van der Waals surface area (Å²) in [4.78, 5) is 18.3. The van der Waals surface area contributed by atoms with Crippen molar-refractivity contribution in [3.8, 4) is 16.9 Å². The van der Waals surface area contributed by atoms with E-state index in [1.807, 2.05) is 25.1 Å². The number of ether oxygens (including phenoxy) is 1. The van der Waals surface area contributed by atoms with E-state index >= 15 is 8.63 Å². The molecule has 1 aliphatic heterocycles. The minimum atomic E-state index is -2.86. The van der Waals surface area contributed by atoms with Gasteiger partial charge in [0.1, 0.15) is 5.75 Å². The number of benzene rings is 2. The summed E-state index contributed by atoms with van der Waals surface area (Å²) >= 11 is 0. The van der Waals surface area contributed by atoms with Crippen molar-refractivity contribution in [1.82, 2.24) is 4.48 Å². The molecule has 58 heavy (non-hydrogen) atoms. The van der Waals surface area contributed by atoms with Crippen molar-refractivity contribution >= 4 is 30.7 Å². The smallest absolute Gasteiger partial charge is 0.508 e. The maximum atomic E-state index is 16.3. The number of nitrogens with zero attached hydrogens (tertiary/aromatic N) is 2. The van der Waals surface area contributed by atoms with E-state index in [1.54, 1.807) is 25.1 Å². The van der Waals surface area contributed by atoms with E-state index in [9.17, 15) is 9.90 Å². The number of carbonyl (C=O) groups excluding carboxylic acids is 1. The molecule has 0 amide bonds. The molecule has 0 atom stereocenters. The van der Waals surface area contributed by atoms with Crippen molar-refractivity contribution in [1.29, 1.82) is 0 Å². The lowest BCUT2D eigenvalue weighted by molar-refractivity contribution is -0.137. The van der Waals surface area contributed by atoms with Crippen LogP contribution in [0.5, 0.6) is 5.75 Å². The van der Waals surface area contributed by atoms with Gasteiger partial charge in [0.15, 0.2) is 0 Å². The van der Waals surface area contributed by atoms with Crippen molar-refractivity contribution in [2.75, 3.05) is 6.61 Å². The Labute approximate surface area is 346 Å². The number of phenols is 1. The van der Waals surface area contributed by atoms with Crippen molar-refractivity contribution in [2.24, 2.45) is 4.99 Å². The van der Waals surface area contributed by atoms with Gasteiger partial charge in [-0.15, -0.1) is 0 Å². The van der Waals surface area contributed by atoms with Gasteiger partial charge in [0.25, 0.3) is 0 Å². The monoisotopic (exact) mass is 788 g/mol. The van der Waals surface area contributed by atoms with Crippen LogP contribution in [0.1, 0.15) is 163 Å². The lowest BCUT2D eigenvalue weighted by atomic mass is 9.85. The molecule has 1 aromatic heterocycles. The Kier molecular flexibility index (Phi) is 16.0. The van der Waals surface area contributed by atoms with Crippen LogP contribution in [0.4, 0.5) is 8.63 Å². The minimum absolute atomic E-state index is 0.205. The fourth-order valence-corrected chi connectivity index (χ4v) is 9.33. The van der Waals surface area contributed by atoms with Gasteiger partial charge < -0.3 is 14.3 Å². The number of hydrogen-bond donors (Lipinski definition) is 1. The summed E-state index contributed by atoms with van der Waals surface area (Å²) in [5, 5.41) is 10.0. The molecule has 3 aliphatic rings. The van der Waals surface area contributed by atoms with Crippen LogP contribution in [0.3, 0.4) is 0 Å². The van der Waals surface area contributed by atoms with Gasteiger partial charge in [-0.2, -0.15) is 0 Å². The maximum absolute atomic E-state index is 16.3. The summed E-state index contributed by atoms with van der Waals surface area (Å²) in [7, 11) is -2.86. The van der Waals surface area contributed by atoms with Gasteiger partial charge in [0.05, 0.1) is 18.0 Å². The highest BCUT2D eigenvalue weighted by Gasteiger charge is 2.36. The van der Waals surface area contributed by atoms with Gasteiger partial charge in [-0.1, -0.05) is 113 Å². The Morgan fingerprint density at radius 1 is 0.759 bits per heavy atom. The number of aromatic nitrogens is 1. The maximum Gasteiger partial charge on any atom is 0.678 e. The van der Waals surface area contributed by atoms with Crippen molar-refractivity contribution < 1.29 is 23.3 Å². The Morgan fingerprint density at radius 2 is 1.31 bits per heavy atom. The lowest BCUT2D eigenvalue weighted by Crippen LogP contribution is -2.19. The number of halogens is 2. The fourth-order valence-electron chi connectivity index (χ4n) is 9.33. The third-order valence-corrected chi connectivity index (χ3v) is 12.2. The van der Waals surface area contributed by atoms with Gasteiger partial charge in [-0.05, 0) is 141 Å². The lowest BCUT2D eigenvalue weighted by Gasteiger charge is -2.21. The molecular weight excluding hydrogens is 725 g/mol. The van der Waals surface area contributed by atoms with Crippen LogP contribution in [0.25, 0.3) is 22.8 Å². The second-order valence-electron chi connectivity index (χ2n) is 16.3. The summed E-state index contributed by atoms with van der Waals surface area (Å²) in [6.45, 7) is 6.06. The number of esters is 1. The molecule has 8 heteroatoms. The first-order chi connectivity index (χ1) is 28.3. The number of phenolic OH excluding ortho intramolecular Hbond substituents is 1. The Morgan fingerprint density at radius 3 is 1.88 bits per heavy atom. The largest absolute Gasteiger partial charge is 0.678 e. The van der Waals surface area contributed by atoms with E-state index in [1.165, 1.54) is 66.6 Å². The van der Waals surface area contributed by atoms with Gasteiger partial charge in [-0.3, -0.25) is 8.63 Å². The third-order valence-electron chi connectivity index (χ3n) is 12.2. The predicted molar refractivity (Wildman–Crippen MR) is 238 cm³/mol. The Bertz CT molecular complexity index is 2040. The molecule has 2 aromatic carbocycles. The van der Waals surface area contributed by atoms with Crippen molar-refractivity contribution in [3.63, 3.8) is 0 Å². The molecule has 0 saturated heterocycles. The number of fused-ring (bicyclic) bond motifs is 1. The van der Waals surface area contributed by atoms with E-state index in [0.29, 0.717) is 24.2 Å². The predicted octanol–water partition coefficient (Wildman–Crippen LogP) is 13.7. The SMILES string of the molecule is C/C=C/C1=NC(=C(/c2ccc(-c3ccc(O)cc3)cc2C)c2c3c(c(/C=C/C(=O)OCC)n2B(F)F)CCCCCCCCCC3)/C2=C1CCCCCCCCCC2. The number of aryl methyl sites for hydroxylation is 1. The standard InChI is InChI=1S/C50H63BF2N2O3/c1-4-22-45-41-23-18-14-10-6-8-12-16-20-25-43(41)49(54-45)48(40-32-29-38(35-36(40)3)37-27-30-39(56)31-28-37)50-44-26-21-17-13-9-7-11-15-19-24-42(44)46(55(50)51(52)53)33-34-47(57)58-5-2/h4,22,27-35,56H,5-21,23-26H2,1-3H3/b22-4+,34-33+,49-48-. The number of hydrogen-bond acceptors (Lipinski definition) is 4. The fraction of sp³-hybridized carbons (Fsp3) is 0.480. The van der Waals surface area contributed by atoms with Crippen LogP contribution >= 0.6 is 0 Å². The first-order valence-electron chi connectivity index (χ1n) is 22.3. The summed E-state index contributed by atoms with van der Waals surface area (Å²) in [5.41, 5.74) is 11.6. The number of rotatable bonds is 8. The highest BCUT2D eigenvalue weighted by atomic mass is 19.2. The summed E-state index contributed by atoms with van der Waals surface area (Å²) in [5.74, 6) is -0.331. The molecule has 6 rings (SSSR count). The van der Waals surface area contributed by atoms with Gasteiger partial charge in [0, 0.05) is 23.0 Å². The van der Waals surface area contributed by atoms with Crippen LogP contribution in [-0.2, 0) is 22.4 Å². The summed E-state index contributed by atoms with van der Waals surface area (Å²) in [6.07, 6.45) is 28.1. The van der Waals surface area contributed by atoms with Crippen LogP contribution in [0.2, 0.25) is 0 Å². The van der Waals surface area contributed by atoms with E-state index in [2.05, 4.69) is 31.2 Å². The molecule has 0 saturated carbocycles. The summed E-state index contributed by atoms with van der Waals surface area (Å²) < 4.78 is 39.0. The average molecular weight is 789 g/mol. The van der Waals surface area contributed by atoms with Crippen LogP contribution in [-0.4, -0.2) is 35.3 Å². The van der Waals surface area contributed by atoms with E-state index < -0.39 is 13.4 Å². The first kappa shape index (κ1) is 43.1. The van der Waals surface area contributed by atoms with Crippen LogP contribution in [0, 0.1) is 6.92 Å². The number of allylic oxidation sites excluding steroid dienone is 4. The van der Waals surface area contributed by atoms with Gasteiger partial charge in [-0.25, -0.2) is 9.79 Å². The minimum Gasteiger partial charge on any atom is -0.508 e. The zero-order valence-electron chi connectivity index (χ0n) is 35.2. The van der Waals surface area contributed by atoms with Crippen LogP contribution < -0.4 is 0 Å². The van der Waals surface area contributed by atoms with E-state index in [4.69, 9.17) is 9.73 Å². The van der Waals surface area contributed by atoms with Crippen molar-refractivity contribution in [2.45, 2.75) is 149 Å². The Hall–Kier alpha value is -4.46. The first-order valence-corrected chi connectivity index (χ1v) is 22.3. The normalized spacial score (nSPS) is 18.7. The second-order valence-corrected chi connectivity index (χ2v) is 16.3. The molecule has 5 nitrogen and oxygen atoms in total. The Balaban J connectivity index is 1.70. The number of aliphatic imine (C=N–C) groups is 1. The van der Waals surface area contributed by atoms with Gasteiger partial charge in [0.2, 0.25) is 0 Å². The number of carbonyl (C=O) groups is 1. The quantitative estimate of drug-likeness (QED) is 0.140. The molecule has 0 fully saturated rings. The molecule has 0 unspecified atom stereocenters. The molecule has 0 radical (unpaired) electrons. The highest BCUT2D eigenvalue weighted by Crippen LogP contribution is 2.45. The molecule has 0 spiro atoms. The topological polar surface area (TPSA) is 63.8 Å². The molecule has 0 bridgehead atoms. The average Bonchev–Trinajstić information content (AvgIpc) is 3.68. The molecule has 308 valence electrons. The highest BCUT2D eigenvalue weighted by molar-refractivity contribution is 6.42. The molecule has 2 heterocycles. The molecular formula is C50H63BF2N2O3.